The van der Waals surface area contributed by atoms with Gasteiger partial charge < -0.3 is 10.6 Å². The van der Waals surface area contributed by atoms with Crippen LogP contribution in [0.3, 0.4) is 0 Å². The van der Waals surface area contributed by atoms with Gasteiger partial charge in [-0.3, -0.25) is 0 Å². The zero-order valence-electron chi connectivity index (χ0n) is 8.31. The Morgan fingerprint density at radius 2 is 2.07 bits per heavy atom. The lowest BCUT2D eigenvalue weighted by molar-refractivity contribution is 0.941. The molecule has 1 aliphatic rings. The molecule has 4 nitrogen and oxygen atoms in total. The maximum absolute atomic E-state index is 5.85. The number of nitrogen functional groups attached to an aromatic ring is 1. The predicted octanol–water partition coefficient (Wildman–Crippen LogP) is 1.87. The molecule has 2 aromatic rings. The first kappa shape index (κ1) is 8.91. The van der Waals surface area contributed by atoms with E-state index in [9.17, 15) is 0 Å². The van der Waals surface area contributed by atoms with Crippen LogP contribution in [0.15, 0.2) is 11.7 Å². The SMILES string of the molecule is Nc1csc2c(N3CCCC3)ncnc12. The summed E-state index contributed by atoms with van der Waals surface area (Å²) < 4.78 is 1.12. The summed E-state index contributed by atoms with van der Waals surface area (Å²) in [6.45, 7) is 2.20. The van der Waals surface area contributed by atoms with Gasteiger partial charge in [-0.2, -0.15) is 0 Å². The van der Waals surface area contributed by atoms with Crippen molar-refractivity contribution in [2.75, 3.05) is 23.7 Å². The maximum atomic E-state index is 5.85. The Morgan fingerprint density at radius 3 is 2.87 bits per heavy atom. The van der Waals surface area contributed by atoms with Gasteiger partial charge in [0.1, 0.15) is 17.7 Å². The Kier molecular flexibility index (Phi) is 1.98. The summed E-state index contributed by atoms with van der Waals surface area (Å²) in [4.78, 5) is 10.9. The van der Waals surface area contributed by atoms with E-state index in [0.717, 1.165) is 34.8 Å². The summed E-state index contributed by atoms with van der Waals surface area (Å²) in [5.74, 6) is 1.05. The number of anilines is 2. The number of hydrogen-bond donors (Lipinski definition) is 1. The smallest absolute Gasteiger partial charge is 0.150 e. The highest BCUT2D eigenvalue weighted by molar-refractivity contribution is 7.18. The van der Waals surface area contributed by atoms with Crippen LogP contribution in [0, 0.1) is 0 Å². The van der Waals surface area contributed by atoms with Crippen molar-refractivity contribution in [2.24, 2.45) is 0 Å². The zero-order valence-corrected chi connectivity index (χ0v) is 9.13. The van der Waals surface area contributed by atoms with Crippen molar-refractivity contribution in [3.63, 3.8) is 0 Å². The van der Waals surface area contributed by atoms with Crippen molar-refractivity contribution in [1.82, 2.24) is 9.97 Å². The van der Waals surface area contributed by atoms with E-state index in [4.69, 9.17) is 5.73 Å². The molecule has 0 bridgehead atoms. The van der Waals surface area contributed by atoms with Crippen LogP contribution in [0.2, 0.25) is 0 Å². The third-order valence-corrected chi connectivity index (χ3v) is 3.75. The molecule has 3 rings (SSSR count). The molecule has 15 heavy (non-hydrogen) atoms. The van der Waals surface area contributed by atoms with Crippen molar-refractivity contribution >= 4 is 33.1 Å². The van der Waals surface area contributed by atoms with Crippen LogP contribution in [0.5, 0.6) is 0 Å². The first-order valence-electron chi connectivity index (χ1n) is 5.09. The molecule has 2 aromatic heterocycles. The third kappa shape index (κ3) is 1.34. The molecule has 0 aromatic carbocycles. The summed E-state index contributed by atoms with van der Waals surface area (Å²) in [5, 5.41) is 1.94. The lowest BCUT2D eigenvalue weighted by Gasteiger charge is -2.16. The Bertz CT molecular complexity index is 487. The molecule has 1 saturated heterocycles. The fourth-order valence-corrected chi connectivity index (χ4v) is 2.94. The van der Waals surface area contributed by atoms with E-state index in [-0.39, 0.29) is 0 Å². The largest absolute Gasteiger partial charge is 0.396 e. The molecule has 0 radical (unpaired) electrons. The normalized spacial score (nSPS) is 16.4. The van der Waals surface area contributed by atoms with Gasteiger partial charge in [-0.25, -0.2) is 9.97 Å². The fraction of sp³-hybridized carbons (Fsp3) is 0.400. The van der Waals surface area contributed by atoms with Crippen molar-refractivity contribution in [1.29, 1.82) is 0 Å². The first-order chi connectivity index (χ1) is 7.36. The molecule has 5 heteroatoms. The minimum absolute atomic E-state index is 0.762. The van der Waals surface area contributed by atoms with Crippen LogP contribution in [0.4, 0.5) is 11.5 Å². The predicted molar refractivity (Wildman–Crippen MR) is 63.3 cm³/mol. The van der Waals surface area contributed by atoms with E-state index >= 15 is 0 Å². The molecule has 2 N–H and O–H groups in total. The van der Waals surface area contributed by atoms with Crippen LogP contribution in [-0.4, -0.2) is 23.1 Å². The van der Waals surface area contributed by atoms with Crippen LogP contribution in [0.1, 0.15) is 12.8 Å². The van der Waals surface area contributed by atoms with Crippen molar-refractivity contribution in [3.8, 4) is 0 Å². The van der Waals surface area contributed by atoms with Crippen molar-refractivity contribution in [3.05, 3.63) is 11.7 Å². The minimum atomic E-state index is 0.762. The van der Waals surface area contributed by atoms with Crippen LogP contribution in [0.25, 0.3) is 10.2 Å². The highest BCUT2D eigenvalue weighted by Gasteiger charge is 2.18. The van der Waals surface area contributed by atoms with E-state index in [1.807, 2.05) is 5.38 Å². The minimum Gasteiger partial charge on any atom is -0.396 e. The Morgan fingerprint density at radius 1 is 1.27 bits per heavy atom. The molecule has 0 aliphatic carbocycles. The number of fused-ring (bicyclic) bond motifs is 1. The van der Waals surface area contributed by atoms with E-state index in [1.165, 1.54) is 12.8 Å². The van der Waals surface area contributed by atoms with E-state index in [2.05, 4.69) is 14.9 Å². The quantitative estimate of drug-likeness (QED) is 0.797. The lowest BCUT2D eigenvalue weighted by Crippen LogP contribution is -2.19. The topological polar surface area (TPSA) is 55.0 Å². The first-order valence-corrected chi connectivity index (χ1v) is 5.97. The standard InChI is InChI=1S/C10H12N4S/c11-7-5-15-9-8(7)12-6-13-10(9)14-3-1-2-4-14/h5-6H,1-4,11H2. The van der Waals surface area contributed by atoms with Crippen LogP contribution < -0.4 is 10.6 Å². The summed E-state index contributed by atoms with van der Waals surface area (Å²) >= 11 is 1.64. The monoisotopic (exact) mass is 220 g/mol. The van der Waals surface area contributed by atoms with Gasteiger partial charge in [0.15, 0.2) is 0 Å². The molecule has 0 atom stereocenters. The fourth-order valence-electron chi connectivity index (χ4n) is 2.01. The second-order valence-electron chi connectivity index (χ2n) is 3.76. The van der Waals surface area contributed by atoms with Crippen LogP contribution in [-0.2, 0) is 0 Å². The second-order valence-corrected chi connectivity index (χ2v) is 4.64. The molecule has 0 spiro atoms. The number of aromatic nitrogens is 2. The van der Waals surface area contributed by atoms with Gasteiger partial charge in [0.25, 0.3) is 0 Å². The lowest BCUT2D eigenvalue weighted by atomic mass is 10.4. The average Bonchev–Trinajstić information content (AvgIpc) is 2.88. The summed E-state index contributed by atoms with van der Waals surface area (Å²) in [6, 6.07) is 0. The van der Waals surface area contributed by atoms with Gasteiger partial charge in [0, 0.05) is 18.5 Å². The maximum Gasteiger partial charge on any atom is 0.150 e. The molecular formula is C10H12N4S. The molecule has 1 aliphatic heterocycles. The average molecular weight is 220 g/mol. The number of nitrogens with two attached hydrogens (primary N) is 1. The third-order valence-electron chi connectivity index (χ3n) is 2.77. The number of rotatable bonds is 1. The molecule has 0 unspecified atom stereocenters. The summed E-state index contributed by atoms with van der Waals surface area (Å²) in [6.07, 6.45) is 4.12. The van der Waals surface area contributed by atoms with Gasteiger partial charge in [-0.1, -0.05) is 0 Å². The molecule has 0 amide bonds. The second kappa shape index (κ2) is 3.34. The molecule has 78 valence electrons. The van der Waals surface area contributed by atoms with Gasteiger partial charge >= 0.3 is 0 Å². The summed E-state index contributed by atoms with van der Waals surface area (Å²) in [7, 11) is 0. The number of thiophene rings is 1. The Balaban J connectivity index is 2.17. The molecular weight excluding hydrogens is 208 g/mol. The van der Waals surface area contributed by atoms with Gasteiger partial charge in [0.2, 0.25) is 0 Å². The highest BCUT2D eigenvalue weighted by Crippen LogP contribution is 2.33. The molecule has 1 fully saturated rings. The number of hydrogen-bond acceptors (Lipinski definition) is 5. The van der Waals surface area contributed by atoms with E-state index in [1.54, 1.807) is 17.7 Å². The molecule has 0 saturated carbocycles. The van der Waals surface area contributed by atoms with Gasteiger partial charge in [-0.05, 0) is 12.8 Å². The van der Waals surface area contributed by atoms with E-state index in [0.29, 0.717) is 0 Å². The van der Waals surface area contributed by atoms with Crippen molar-refractivity contribution in [2.45, 2.75) is 12.8 Å². The zero-order chi connectivity index (χ0) is 10.3. The number of nitrogens with zero attached hydrogens (tertiary/aromatic N) is 3. The van der Waals surface area contributed by atoms with Crippen LogP contribution >= 0.6 is 11.3 Å². The molecule has 3 heterocycles. The Labute approximate surface area is 91.7 Å². The van der Waals surface area contributed by atoms with Crippen molar-refractivity contribution < 1.29 is 0 Å². The summed E-state index contributed by atoms with van der Waals surface area (Å²) in [5.41, 5.74) is 7.51. The van der Waals surface area contributed by atoms with E-state index < -0.39 is 0 Å². The van der Waals surface area contributed by atoms with Gasteiger partial charge in [-0.15, -0.1) is 11.3 Å². The van der Waals surface area contributed by atoms with Gasteiger partial charge in [0.05, 0.1) is 10.4 Å². The highest BCUT2D eigenvalue weighted by atomic mass is 32.1. The Hall–Kier alpha value is -1.36.